The van der Waals surface area contributed by atoms with Crippen LogP contribution in [0.2, 0.25) is 0 Å². The highest BCUT2D eigenvalue weighted by Gasteiger charge is 2.33. The van der Waals surface area contributed by atoms with Crippen LogP contribution in [0.4, 0.5) is 0 Å². The molecule has 1 aromatic carbocycles. The van der Waals surface area contributed by atoms with E-state index in [0.717, 1.165) is 24.5 Å². The molecule has 148 valence electrons. The molecule has 0 spiro atoms. The van der Waals surface area contributed by atoms with E-state index in [9.17, 15) is 4.21 Å². The van der Waals surface area contributed by atoms with Crippen molar-refractivity contribution in [3.8, 4) is 0 Å². The molecule has 6 heteroatoms. The summed E-state index contributed by atoms with van der Waals surface area (Å²) in [6.07, 6.45) is 8.46. The van der Waals surface area contributed by atoms with E-state index in [1.54, 1.807) is 6.26 Å². The largest absolute Gasteiger partial charge is 0.302 e. The zero-order chi connectivity index (χ0) is 19.4. The minimum Gasteiger partial charge on any atom is -0.302 e. The monoisotopic (exact) mass is 388 g/mol. The van der Waals surface area contributed by atoms with E-state index < -0.39 is 10.8 Å². The van der Waals surface area contributed by atoms with Gasteiger partial charge in [0.15, 0.2) is 0 Å². The van der Waals surface area contributed by atoms with E-state index in [0.29, 0.717) is 12.0 Å². The fourth-order valence-electron chi connectivity index (χ4n) is 4.34. The van der Waals surface area contributed by atoms with E-state index in [2.05, 4.69) is 47.2 Å². The molecule has 1 aliphatic rings. The summed E-state index contributed by atoms with van der Waals surface area (Å²) in [5.41, 5.74) is 2.61. The number of piperidine rings is 1. The standard InChI is InChI=1S/C21H32N4OS/c1-5-25-12-6-7-18(21(25)19-13-22-24(3)16-19)15-23(2)14-17-8-10-20(11-9-17)27(4)26/h8-11,13,16,18,21H,5-7,12,14-15H2,1-4H3/t18-,21+,27+/m0/s1. The van der Waals surface area contributed by atoms with Crippen molar-refractivity contribution < 1.29 is 4.21 Å². The molecule has 0 radical (unpaired) electrons. The summed E-state index contributed by atoms with van der Waals surface area (Å²) >= 11 is 0. The lowest BCUT2D eigenvalue weighted by Crippen LogP contribution is -2.42. The maximum atomic E-state index is 11.6. The Labute approximate surface area is 165 Å². The summed E-state index contributed by atoms with van der Waals surface area (Å²) in [4.78, 5) is 5.92. The number of hydrogen-bond donors (Lipinski definition) is 0. The minimum absolute atomic E-state index is 0.449. The molecule has 0 amide bonds. The topological polar surface area (TPSA) is 41.4 Å². The average molecular weight is 389 g/mol. The summed E-state index contributed by atoms with van der Waals surface area (Å²) in [6, 6.07) is 8.62. The van der Waals surface area contributed by atoms with Crippen molar-refractivity contribution in [3.63, 3.8) is 0 Å². The third-order valence-electron chi connectivity index (χ3n) is 5.59. The van der Waals surface area contributed by atoms with Crippen molar-refractivity contribution in [2.75, 3.05) is 32.9 Å². The average Bonchev–Trinajstić information content (AvgIpc) is 3.07. The van der Waals surface area contributed by atoms with Crippen molar-refractivity contribution in [2.24, 2.45) is 13.0 Å². The smallest absolute Gasteiger partial charge is 0.0537 e. The maximum absolute atomic E-state index is 11.6. The van der Waals surface area contributed by atoms with Crippen LogP contribution in [0.1, 0.15) is 36.9 Å². The third-order valence-corrected chi connectivity index (χ3v) is 6.52. The molecule has 1 aliphatic heterocycles. The van der Waals surface area contributed by atoms with Gasteiger partial charge in [-0.25, -0.2) is 0 Å². The van der Waals surface area contributed by atoms with Crippen molar-refractivity contribution in [3.05, 3.63) is 47.8 Å². The second-order valence-electron chi connectivity index (χ2n) is 7.72. The number of aromatic nitrogens is 2. The van der Waals surface area contributed by atoms with Crippen LogP contribution < -0.4 is 0 Å². The van der Waals surface area contributed by atoms with E-state index in [1.807, 2.05) is 30.1 Å². The van der Waals surface area contributed by atoms with Gasteiger partial charge in [-0.1, -0.05) is 19.1 Å². The summed E-state index contributed by atoms with van der Waals surface area (Å²) in [5.74, 6) is 0.607. The van der Waals surface area contributed by atoms with Gasteiger partial charge >= 0.3 is 0 Å². The van der Waals surface area contributed by atoms with Crippen molar-refractivity contribution in [1.82, 2.24) is 19.6 Å². The van der Waals surface area contributed by atoms with Crippen LogP contribution >= 0.6 is 0 Å². The van der Waals surface area contributed by atoms with Crippen LogP contribution in [0, 0.1) is 5.92 Å². The minimum atomic E-state index is -0.912. The summed E-state index contributed by atoms with van der Waals surface area (Å²) in [7, 11) is 3.29. The fourth-order valence-corrected chi connectivity index (χ4v) is 4.86. The molecule has 1 fully saturated rings. The van der Waals surface area contributed by atoms with Crippen LogP contribution in [-0.2, 0) is 24.4 Å². The quantitative estimate of drug-likeness (QED) is 0.731. The zero-order valence-corrected chi connectivity index (χ0v) is 17.8. The Balaban J connectivity index is 1.68. The Morgan fingerprint density at radius 2 is 2.04 bits per heavy atom. The number of aryl methyl sites for hydroxylation is 1. The van der Waals surface area contributed by atoms with Crippen molar-refractivity contribution in [2.45, 2.75) is 37.2 Å². The van der Waals surface area contributed by atoms with Crippen molar-refractivity contribution in [1.29, 1.82) is 0 Å². The molecule has 0 saturated carbocycles. The molecule has 3 atom stereocenters. The molecular formula is C21H32N4OS. The van der Waals surface area contributed by atoms with Gasteiger partial charge in [-0.2, -0.15) is 5.10 Å². The molecular weight excluding hydrogens is 356 g/mol. The Kier molecular flexibility index (Phi) is 6.84. The molecule has 1 aromatic heterocycles. The van der Waals surface area contributed by atoms with Gasteiger partial charge in [-0.15, -0.1) is 0 Å². The summed E-state index contributed by atoms with van der Waals surface area (Å²) in [5, 5.41) is 4.42. The van der Waals surface area contributed by atoms with Gasteiger partial charge in [0.25, 0.3) is 0 Å². The summed E-state index contributed by atoms with van der Waals surface area (Å²) < 4.78 is 13.5. The van der Waals surface area contributed by atoms with E-state index in [-0.39, 0.29) is 0 Å². The number of hydrogen-bond acceptors (Lipinski definition) is 4. The molecule has 2 aromatic rings. The Morgan fingerprint density at radius 1 is 1.30 bits per heavy atom. The van der Waals surface area contributed by atoms with Gasteiger partial charge in [0, 0.05) is 59.9 Å². The normalized spacial score (nSPS) is 22.3. The van der Waals surface area contributed by atoms with Crippen LogP contribution in [0.15, 0.2) is 41.6 Å². The molecule has 0 aliphatic carbocycles. The number of benzene rings is 1. The zero-order valence-electron chi connectivity index (χ0n) is 17.0. The van der Waals surface area contributed by atoms with Gasteiger partial charge in [0.2, 0.25) is 0 Å². The fraction of sp³-hybridized carbons (Fsp3) is 0.571. The van der Waals surface area contributed by atoms with E-state index in [4.69, 9.17) is 0 Å². The van der Waals surface area contributed by atoms with E-state index >= 15 is 0 Å². The lowest BCUT2D eigenvalue weighted by Gasteiger charge is -2.42. The van der Waals surface area contributed by atoms with Crippen LogP contribution in [-0.4, -0.2) is 56.7 Å². The highest BCUT2D eigenvalue weighted by atomic mass is 32.2. The predicted octanol–water partition coefficient (Wildman–Crippen LogP) is 3.06. The van der Waals surface area contributed by atoms with Gasteiger partial charge in [-0.05, 0) is 56.6 Å². The first-order valence-corrected chi connectivity index (χ1v) is 11.4. The second-order valence-corrected chi connectivity index (χ2v) is 9.10. The molecule has 0 unspecified atom stereocenters. The lowest BCUT2D eigenvalue weighted by molar-refractivity contribution is 0.0749. The molecule has 0 N–H and O–H groups in total. The third kappa shape index (κ3) is 5.06. The van der Waals surface area contributed by atoms with E-state index in [1.165, 1.54) is 30.5 Å². The van der Waals surface area contributed by atoms with Crippen molar-refractivity contribution >= 4 is 10.8 Å². The predicted molar refractivity (Wildman–Crippen MR) is 111 cm³/mol. The second kappa shape index (κ2) is 9.13. The molecule has 3 rings (SSSR count). The first-order valence-electron chi connectivity index (χ1n) is 9.81. The highest BCUT2D eigenvalue weighted by molar-refractivity contribution is 7.84. The Bertz CT molecular complexity index is 758. The number of rotatable bonds is 7. The first-order chi connectivity index (χ1) is 13.0. The first kappa shape index (κ1) is 20.2. The van der Waals surface area contributed by atoms with Gasteiger partial charge in [0.05, 0.1) is 6.20 Å². The molecule has 2 heterocycles. The molecule has 5 nitrogen and oxygen atoms in total. The van der Waals surface area contributed by atoms with Gasteiger partial charge < -0.3 is 4.90 Å². The van der Waals surface area contributed by atoms with Gasteiger partial charge in [-0.3, -0.25) is 13.8 Å². The maximum Gasteiger partial charge on any atom is 0.0537 e. The number of likely N-dealkylation sites (tertiary alicyclic amines) is 1. The van der Waals surface area contributed by atoms with Crippen LogP contribution in [0.25, 0.3) is 0 Å². The Hall–Kier alpha value is -1.50. The summed E-state index contributed by atoms with van der Waals surface area (Å²) in [6.45, 7) is 6.49. The molecule has 0 bridgehead atoms. The highest BCUT2D eigenvalue weighted by Crippen LogP contribution is 2.36. The van der Waals surface area contributed by atoms with Gasteiger partial charge in [0.1, 0.15) is 0 Å². The van der Waals surface area contributed by atoms with Crippen LogP contribution in [0.5, 0.6) is 0 Å². The number of nitrogens with zero attached hydrogens (tertiary/aromatic N) is 4. The van der Waals surface area contributed by atoms with Crippen LogP contribution in [0.3, 0.4) is 0 Å². The Morgan fingerprint density at radius 3 is 2.63 bits per heavy atom. The SMILES string of the molecule is CCN1CCC[C@@H](CN(C)Cc2ccc([S@@](C)=O)cc2)[C@@H]1c1cnn(C)c1. The molecule has 27 heavy (non-hydrogen) atoms. The molecule has 1 saturated heterocycles. The lowest BCUT2D eigenvalue weighted by atomic mass is 9.85.